The van der Waals surface area contributed by atoms with Gasteiger partial charge in [0.2, 0.25) is 0 Å². The van der Waals surface area contributed by atoms with Crippen LogP contribution in [0.25, 0.3) is 0 Å². The molecule has 1 N–H and O–H groups in total. The van der Waals surface area contributed by atoms with Gasteiger partial charge in [-0.05, 0) is 24.2 Å². The third kappa shape index (κ3) is 2.47. The van der Waals surface area contributed by atoms with E-state index >= 15 is 0 Å². The van der Waals surface area contributed by atoms with Crippen molar-refractivity contribution in [2.45, 2.75) is 59.8 Å². The van der Waals surface area contributed by atoms with E-state index in [9.17, 15) is 0 Å². The predicted molar refractivity (Wildman–Crippen MR) is 67.6 cm³/mol. The number of aromatic nitrogens is 2. The van der Waals surface area contributed by atoms with Crippen molar-refractivity contribution in [1.82, 2.24) is 9.97 Å². The molecule has 2 unspecified atom stereocenters. The number of hydrogen-bond donors (Lipinski definition) is 1. The van der Waals surface area contributed by atoms with E-state index in [0.29, 0.717) is 11.3 Å². The van der Waals surface area contributed by atoms with Crippen molar-refractivity contribution in [3.8, 4) is 0 Å². The van der Waals surface area contributed by atoms with Crippen LogP contribution in [0.1, 0.15) is 64.2 Å². The van der Waals surface area contributed by atoms with Crippen molar-refractivity contribution in [2.24, 2.45) is 11.3 Å². The number of hydrogen-bond acceptors (Lipinski definition) is 1. The first kappa shape index (κ1) is 11.7. The van der Waals surface area contributed by atoms with Crippen LogP contribution < -0.4 is 0 Å². The van der Waals surface area contributed by atoms with Crippen LogP contribution >= 0.6 is 0 Å². The SMILES string of the molecule is CC1Cc2[nH]c(CC(C)(C)C)nc2C(C)C1. The average molecular weight is 220 g/mol. The predicted octanol–water partition coefficient (Wildman–Crippen LogP) is 3.68. The van der Waals surface area contributed by atoms with E-state index in [1.807, 2.05) is 0 Å². The molecule has 1 aliphatic carbocycles. The summed E-state index contributed by atoms with van der Waals surface area (Å²) >= 11 is 0. The maximum absolute atomic E-state index is 4.80. The topological polar surface area (TPSA) is 28.7 Å². The molecule has 0 fully saturated rings. The molecule has 1 heterocycles. The lowest BCUT2D eigenvalue weighted by atomic mass is 9.84. The average Bonchev–Trinajstić information content (AvgIpc) is 2.43. The van der Waals surface area contributed by atoms with E-state index in [4.69, 9.17) is 4.98 Å². The molecule has 0 aliphatic heterocycles. The van der Waals surface area contributed by atoms with Crippen LogP contribution in [0, 0.1) is 11.3 Å². The summed E-state index contributed by atoms with van der Waals surface area (Å²) in [4.78, 5) is 8.34. The zero-order valence-electron chi connectivity index (χ0n) is 11.2. The largest absolute Gasteiger partial charge is 0.346 e. The Hall–Kier alpha value is -0.790. The summed E-state index contributed by atoms with van der Waals surface area (Å²) in [6, 6.07) is 0. The molecule has 0 saturated heterocycles. The lowest BCUT2D eigenvalue weighted by molar-refractivity contribution is 0.401. The number of imidazole rings is 1. The summed E-state index contributed by atoms with van der Waals surface area (Å²) in [5, 5.41) is 0. The van der Waals surface area contributed by atoms with Crippen molar-refractivity contribution in [1.29, 1.82) is 0 Å². The highest BCUT2D eigenvalue weighted by Crippen LogP contribution is 2.33. The number of fused-ring (bicyclic) bond motifs is 1. The molecule has 0 saturated carbocycles. The smallest absolute Gasteiger partial charge is 0.107 e. The van der Waals surface area contributed by atoms with Crippen LogP contribution in [0.4, 0.5) is 0 Å². The van der Waals surface area contributed by atoms with Crippen LogP contribution in [-0.4, -0.2) is 9.97 Å². The summed E-state index contributed by atoms with van der Waals surface area (Å²) in [5.41, 5.74) is 3.04. The van der Waals surface area contributed by atoms with Gasteiger partial charge in [0.1, 0.15) is 5.82 Å². The molecule has 0 spiro atoms. The van der Waals surface area contributed by atoms with E-state index in [1.54, 1.807) is 0 Å². The lowest BCUT2D eigenvalue weighted by Crippen LogP contribution is -2.14. The second-order valence-electron chi connectivity index (χ2n) is 6.73. The Morgan fingerprint density at radius 1 is 1.31 bits per heavy atom. The molecule has 0 aromatic carbocycles. The molecule has 2 rings (SSSR count). The van der Waals surface area contributed by atoms with Gasteiger partial charge in [0.25, 0.3) is 0 Å². The summed E-state index contributed by atoms with van der Waals surface area (Å²) in [7, 11) is 0. The van der Waals surface area contributed by atoms with Gasteiger partial charge in [-0.25, -0.2) is 4.98 Å². The standard InChI is InChI=1S/C14H24N2/c1-9-6-10(2)13-11(7-9)15-12(16-13)8-14(3,4)5/h9-10H,6-8H2,1-5H3,(H,15,16). The summed E-state index contributed by atoms with van der Waals surface area (Å²) < 4.78 is 0. The maximum atomic E-state index is 4.80. The molecular formula is C14H24N2. The highest BCUT2D eigenvalue weighted by molar-refractivity contribution is 5.22. The molecule has 0 amide bonds. The molecule has 0 radical (unpaired) electrons. The lowest BCUT2D eigenvalue weighted by Gasteiger charge is -2.22. The fourth-order valence-corrected chi connectivity index (χ4v) is 2.78. The van der Waals surface area contributed by atoms with Crippen LogP contribution in [0.2, 0.25) is 0 Å². The first-order valence-electron chi connectivity index (χ1n) is 6.43. The Labute approximate surface area is 98.9 Å². The number of aromatic amines is 1. The molecule has 0 bridgehead atoms. The first-order valence-corrected chi connectivity index (χ1v) is 6.43. The van der Waals surface area contributed by atoms with E-state index < -0.39 is 0 Å². The van der Waals surface area contributed by atoms with Gasteiger partial charge in [-0.2, -0.15) is 0 Å². The number of H-pyrrole nitrogens is 1. The Morgan fingerprint density at radius 3 is 2.62 bits per heavy atom. The van der Waals surface area contributed by atoms with E-state index in [0.717, 1.165) is 12.3 Å². The molecule has 1 aromatic heterocycles. The second kappa shape index (κ2) is 3.90. The monoisotopic (exact) mass is 220 g/mol. The fraction of sp³-hybridized carbons (Fsp3) is 0.786. The Morgan fingerprint density at radius 2 is 2.00 bits per heavy atom. The number of rotatable bonds is 1. The highest BCUT2D eigenvalue weighted by atomic mass is 14.9. The van der Waals surface area contributed by atoms with Gasteiger partial charge in [-0.1, -0.05) is 34.6 Å². The molecule has 2 heteroatoms. The van der Waals surface area contributed by atoms with Gasteiger partial charge in [-0.3, -0.25) is 0 Å². The molecule has 16 heavy (non-hydrogen) atoms. The minimum atomic E-state index is 0.315. The third-order valence-electron chi connectivity index (χ3n) is 3.33. The van der Waals surface area contributed by atoms with Gasteiger partial charge in [0.15, 0.2) is 0 Å². The molecule has 1 aliphatic rings. The second-order valence-corrected chi connectivity index (χ2v) is 6.73. The Bertz CT molecular complexity index is 371. The molecule has 1 aromatic rings. The zero-order valence-corrected chi connectivity index (χ0v) is 11.2. The van der Waals surface area contributed by atoms with Gasteiger partial charge >= 0.3 is 0 Å². The summed E-state index contributed by atoms with van der Waals surface area (Å²) in [5.74, 6) is 2.60. The van der Waals surface area contributed by atoms with Crippen LogP contribution in [0.15, 0.2) is 0 Å². The van der Waals surface area contributed by atoms with E-state index in [1.165, 1.54) is 30.1 Å². The van der Waals surface area contributed by atoms with E-state index in [-0.39, 0.29) is 0 Å². The Kier molecular flexibility index (Phi) is 2.85. The van der Waals surface area contributed by atoms with Crippen molar-refractivity contribution in [2.75, 3.05) is 0 Å². The minimum absolute atomic E-state index is 0.315. The highest BCUT2D eigenvalue weighted by Gasteiger charge is 2.26. The van der Waals surface area contributed by atoms with Crippen LogP contribution in [-0.2, 0) is 12.8 Å². The molecule has 90 valence electrons. The normalized spacial score (nSPS) is 25.6. The summed E-state index contributed by atoms with van der Waals surface area (Å²) in [6.45, 7) is 11.4. The van der Waals surface area contributed by atoms with Crippen molar-refractivity contribution < 1.29 is 0 Å². The number of nitrogens with zero attached hydrogens (tertiary/aromatic N) is 1. The quantitative estimate of drug-likeness (QED) is 0.768. The Balaban J connectivity index is 2.23. The van der Waals surface area contributed by atoms with Crippen molar-refractivity contribution in [3.05, 3.63) is 17.2 Å². The number of nitrogens with one attached hydrogen (secondary N) is 1. The van der Waals surface area contributed by atoms with Gasteiger partial charge in [0, 0.05) is 18.0 Å². The fourth-order valence-electron chi connectivity index (χ4n) is 2.78. The zero-order chi connectivity index (χ0) is 11.9. The molecule has 2 nitrogen and oxygen atoms in total. The van der Waals surface area contributed by atoms with Crippen molar-refractivity contribution >= 4 is 0 Å². The van der Waals surface area contributed by atoms with Gasteiger partial charge < -0.3 is 4.98 Å². The first-order chi connectivity index (χ1) is 7.35. The van der Waals surface area contributed by atoms with Gasteiger partial charge in [-0.15, -0.1) is 0 Å². The van der Waals surface area contributed by atoms with Crippen molar-refractivity contribution in [3.63, 3.8) is 0 Å². The van der Waals surface area contributed by atoms with Crippen LogP contribution in [0.5, 0.6) is 0 Å². The van der Waals surface area contributed by atoms with Crippen LogP contribution in [0.3, 0.4) is 0 Å². The maximum Gasteiger partial charge on any atom is 0.107 e. The van der Waals surface area contributed by atoms with E-state index in [2.05, 4.69) is 39.6 Å². The summed E-state index contributed by atoms with van der Waals surface area (Å²) in [6.07, 6.45) is 3.50. The third-order valence-corrected chi connectivity index (χ3v) is 3.33. The minimum Gasteiger partial charge on any atom is -0.346 e. The van der Waals surface area contributed by atoms with Gasteiger partial charge in [0.05, 0.1) is 5.69 Å². The molecule has 2 atom stereocenters. The molecular weight excluding hydrogens is 196 g/mol.